The number of H-pyrrole nitrogens is 1. The number of hydrogen-bond acceptors (Lipinski definition) is 3. The third-order valence-corrected chi connectivity index (χ3v) is 3.08. The number of rotatable bonds is 6. The fraction of sp³-hybridized carbons (Fsp3) is 0.333. The molecule has 1 aromatic heterocycles. The van der Waals surface area contributed by atoms with Crippen LogP contribution in [-0.4, -0.2) is 15.9 Å². The predicted octanol–water partition coefficient (Wildman–Crippen LogP) is 2.61. The number of carbonyl (C=O) groups excluding carboxylic acids is 1. The standard InChI is InChI=1S/C15H20N4O/c1-3-14(15-16-8-9-17-15)18-10-12-4-6-13(7-5-12)19-11(2)20/h4-9,14,18H,3,10H2,1-2H3,(H,16,17)(H,19,20). The van der Waals surface area contributed by atoms with Crippen LogP contribution in [0.1, 0.15) is 37.7 Å². The molecular weight excluding hydrogens is 252 g/mol. The van der Waals surface area contributed by atoms with Crippen molar-refractivity contribution in [2.75, 3.05) is 5.32 Å². The van der Waals surface area contributed by atoms with E-state index in [2.05, 4.69) is 27.5 Å². The molecule has 1 aromatic carbocycles. The molecule has 0 bridgehead atoms. The summed E-state index contributed by atoms with van der Waals surface area (Å²) in [7, 11) is 0. The van der Waals surface area contributed by atoms with Gasteiger partial charge in [0.1, 0.15) is 5.82 Å². The molecule has 5 heteroatoms. The first-order valence-electron chi connectivity index (χ1n) is 6.78. The number of benzene rings is 1. The monoisotopic (exact) mass is 272 g/mol. The van der Waals surface area contributed by atoms with Crippen molar-refractivity contribution in [2.24, 2.45) is 0 Å². The van der Waals surface area contributed by atoms with E-state index in [0.717, 1.165) is 24.5 Å². The molecule has 20 heavy (non-hydrogen) atoms. The molecule has 0 spiro atoms. The molecule has 0 aliphatic heterocycles. The predicted molar refractivity (Wildman–Crippen MR) is 79.2 cm³/mol. The summed E-state index contributed by atoms with van der Waals surface area (Å²) in [4.78, 5) is 18.4. The molecule has 1 heterocycles. The Bertz CT molecular complexity index is 534. The van der Waals surface area contributed by atoms with Crippen LogP contribution >= 0.6 is 0 Å². The maximum absolute atomic E-state index is 10.9. The molecule has 1 unspecified atom stereocenters. The quantitative estimate of drug-likeness (QED) is 0.757. The van der Waals surface area contributed by atoms with Crippen LogP contribution < -0.4 is 10.6 Å². The van der Waals surface area contributed by atoms with Crippen molar-refractivity contribution < 1.29 is 4.79 Å². The van der Waals surface area contributed by atoms with Gasteiger partial charge in [0.15, 0.2) is 0 Å². The lowest BCUT2D eigenvalue weighted by molar-refractivity contribution is -0.114. The van der Waals surface area contributed by atoms with Gasteiger partial charge in [-0.3, -0.25) is 4.79 Å². The molecule has 106 valence electrons. The molecule has 2 aromatic rings. The summed E-state index contributed by atoms with van der Waals surface area (Å²) in [5.74, 6) is 0.905. The smallest absolute Gasteiger partial charge is 0.221 e. The minimum absolute atomic E-state index is 0.0558. The molecule has 0 saturated carbocycles. The summed E-state index contributed by atoms with van der Waals surface area (Å²) >= 11 is 0. The third kappa shape index (κ3) is 3.93. The number of nitrogens with zero attached hydrogens (tertiary/aromatic N) is 1. The summed E-state index contributed by atoms with van der Waals surface area (Å²) in [5, 5.41) is 6.22. The summed E-state index contributed by atoms with van der Waals surface area (Å²) in [6.45, 7) is 4.39. The molecule has 0 aliphatic carbocycles. The highest BCUT2D eigenvalue weighted by Gasteiger charge is 2.10. The Morgan fingerprint density at radius 3 is 2.65 bits per heavy atom. The first-order chi connectivity index (χ1) is 9.69. The van der Waals surface area contributed by atoms with E-state index in [9.17, 15) is 4.79 Å². The van der Waals surface area contributed by atoms with Gasteiger partial charge < -0.3 is 15.6 Å². The molecule has 0 radical (unpaired) electrons. The van der Waals surface area contributed by atoms with Crippen molar-refractivity contribution in [1.29, 1.82) is 0 Å². The first kappa shape index (κ1) is 14.3. The van der Waals surface area contributed by atoms with Crippen LogP contribution in [0, 0.1) is 0 Å². The number of anilines is 1. The van der Waals surface area contributed by atoms with E-state index in [1.54, 1.807) is 6.20 Å². The van der Waals surface area contributed by atoms with Crippen LogP contribution in [0.5, 0.6) is 0 Å². The van der Waals surface area contributed by atoms with E-state index in [1.807, 2.05) is 30.5 Å². The summed E-state index contributed by atoms with van der Waals surface area (Å²) in [6, 6.07) is 8.05. The number of aromatic nitrogens is 2. The number of amides is 1. The second-order valence-corrected chi connectivity index (χ2v) is 4.69. The van der Waals surface area contributed by atoms with Crippen LogP contribution in [0.3, 0.4) is 0 Å². The van der Waals surface area contributed by atoms with E-state index in [1.165, 1.54) is 12.5 Å². The third-order valence-electron chi connectivity index (χ3n) is 3.08. The summed E-state index contributed by atoms with van der Waals surface area (Å²) < 4.78 is 0. The van der Waals surface area contributed by atoms with Gasteiger partial charge in [0.05, 0.1) is 6.04 Å². The summed E-state index contributed by atoms with van der Waals surface area (Å²) in [6.07, 6.45) is 4.57. The molecule has 0 saturated heterocycles. The Balaban J connectivity index is 1.91. The maximum Gasteiger partial charge on any atom is 0.221 e. The highest BCUT2D eigenvalue weighted by molar-refractivity contribution is 5.88. The van der Waals surface area contributed by atoms with Gasteiger partial charge in [-0.25, -0.2) is 4.98 Å². The molecular formula is C15H20N4O. The van der Waals surface area contributed by atoms with Crippen molar-refractivity contribution in [3.05, 3.63) is 48.0 Å². The highest BCUT2D eigenvalue weighted by atomic mass is 16.1. The minimum Gasteiger partial charge on any atom is -0.347 e. The Morgan fingerprint density at radius 1 is 1.35 bits per heavy atom. The molecule has 5 nitrogen and oxygen atoms in total. The number of imidazole rings is 1. The number of carbonyl (C=O) groups is 1. The van der Waals surface area contributed by atoms with Crippen LogP contribution in [0.15, 0.2) is 36.7 Å². The Labute approximate surface area is 118 Å². The first-order valence-corrected chi connectivity index (χ1v) is 6.78. The van der Waals surface area contributed by atoms with Gasteiger partial charge in [-0.2, -0.15) is 0 Å². The average molecular weight is 272 g/mol. The molecule has 1 amide bonds. The highest BCUT2D eigenvalue weighted by Crippen LogP contribution is 2.14. The fourth-order valence-corrected chi connectivity index (χ4v) is 2.05. The number of nitrogens with one attached hydrogen (secondary N) is 3. The molecule has 0 fully saturated rings. The normalized spacial score (nSPS) is 12.1. The molecule has 3 N–H and O–H groups in total. The van der Waals surface area contributed by atoms with Crippen molar-refractivity contribution in [3.63, 3.8) is 0 Å². The molecule has 1 atom stereocenters. The lowest BCUT2D eigenvalue weighted by Crippen LogP contribution is -2.21. The van der Waals surface area contributed by atoms with Gasteiger partial charge in [-0.05, 0) is 24.1 Å². The van der Waals surface area contributed by atoms with E-state index >= 15 is 0 Å². The second-order valence-electron chi connectivity index (χ2n) is 4.69. The maximum atomic E-state index is 10.9. The van der Waals surface area contributed by atoms with Crippen molar-refractivity contribution in [1.82, 2.24) is 15.3 Å². The molecule has 0 aliphatic rings. The summed E-state index contributed by atoms with van der Waals surface area (Å²) in [5.41, 5.74) is 1.99. The van der Waals surface area contributed by atoms with Gasteiger partial charge in [-0.1, -0.05) is 19.1 Å². The van der Waals surface area contributed by atoms with Crippen molar-refractivity contribution >= 4 is 11.6 Å². The Morgan fingerprint density at radius 2 is 2.10 bits per heavy atom. The van der Waals surface area contributed by atoms with Crippen LogP contribution in [-0.2, 0) is 11.3 Å². The van der Waals surface area contributed by atoms with Crippen LogP contribution in [0.25, 0.3) is 0 Å². The zero-order chi connectivity index (χ0) is 14.4. The molecule has 2 rings (SSSR count). The average Bonchev–Trinajstić information content (AvgIpc) is 2.95. The SMILES string of the molecule is CCC(NCc1ccc(NC(C)=O)cc1)c1ncc[nH]1. The fourth-order valence-electron chi connectivity index (χ4n) is 2.05. The Hall–Kier alpha value is -2.14. The zero-order valence-corrected chi connectivity index (χ0v) is 11.8. The lowest BCUT2D eigenvalue weighted by atomic mass is 10.1. The second kappa shape index (κ2) is 6.86. The Kier molecular flexibility index (Phi) is 4.90. The van der Waals surface area contributed by atoms with E-state index in [4.69, 9.17) is 0 Å². The van der Waals surface area contributed by atoms with Crippen LogP contribution in [0.2, 0.25) is 0 Å². The van der Waals surface area contributed by atoms with Gasteiger partial charge >= 0.3 is 0 Å². The van der Waals surface area contributed by atoms with Crippen molar-refractivity contribution in [2.45, 2.75) is 32.9 Å². The lowest BCUT2D eigenvalue weighted by Gasteiger charge is -2.14. The largest absolute Gasteiger partial charge is 0.347 e. The van der Waals surface area contributed by atoms with Gasteiger partial charge in [0.25, 0.3) is 0 Å². The van der Waals surface area contributed by atoms with E-state index < -0.39 is 0 Å². The number of aromatic amines is 1. The minimum atomic E-state index is -0.0558. The van der Waals surface area contributed by atoms with Gasteiger partial charge in [-0.15, -0.1) is 0 Å². The number of hydrogen-bond donors (Lipinski definition) is 3. The van der Waals surface area contributed by atoms with E-state index in [-0.39, 0.29) is 11.9 Å². The van der Waals surface area contributed by atoms with Crippen LogP contribution in [0.4, 0.5) is 5.69 Å². The van der Waals surface area contributed by atoms with Crippen molar-refractivity contribution in [3.8, 4) is 0 Å². The zero-order valence-electron chi connectivity index (χ0n) is 11.8. The van der Waals surface area contributed by atoms with Gasteiger partial charge in [0.2, 0.25) is 5.91 Å². The topological polar surface area (TPSA) is 69.8 Å². The van der Waals surface area contributed by atoms with Gasteiger partial charge in [0, 0.05) is 31.5 Å². The van der Waals surface area contributed by atoms with E-state index in [0.29, 0.717) is 0 Å².